The topological polar surface area (TPSA) is 35.5 Å². The molecule has 6 heteroatoms. The average Bonchev–Trinajstić information content (AvgIpc) is 2.76. The Morgan fingerprint density at radius 1 is 1.03 bits per heavy atom. The van der Waals surface area contributed by atoms with Crippen LogP contribution in [0.1, 0.15) is 80.1 Å². The largest absolute Gasteiger partial charge is 0.431 e. The Morgan fingerprint density at radius 2 is 1.74 bits per heavy atom. The lowest BCUT2D eigenvalue weighted by molar-refractivity contribution is -0.0512. The molecule has 3 nitrogen and oxygen atoms in total. The van der Waals surface area contributed by atoms with Crippen molar-refractivity contribution in [1.82, 2.24) is 0 Å². The van der Waals surface area contributed by atoms with Crippen LogP contribution in [0.4, 0.5) is 8.78 Å². The summed E-state index contributed by atoms with van der Waals surface area (Å²) in [6, 6.07) is 11.4. The van der Waals surface area contributed by atoms with E-state index in [4.69, 9.17) is 16.3 Å². The van der Waals surface area contributed by atoms with Gasteiger partial charge in [-0.2, -0.15) is 8.78 Å². The maximum absolute atomic E-state index is 12.6. The number of ether oxygens (including phenoxy) is 2. The summed E-state index contributed by atoms with van der Waals surface area (Å²) < 4.78 is 34.9. The van der Waals surface area contributed by atoms with Crippen molar-refractivity contribution >= 4 is 17.6 Å². The predicted molar refractivity (Wildman–Crippen MR) is 118 cm³/mol. The highest BCUT2D eigenvalue weighted by Crippen LogP contribution is 2.38. The molecule has 2 aromatic carbocycles. The van der Waals surface area contributed by atoms with E-state index in [0.717, 1.165) is 5.92 Å². The van der Waals surface area contributed by atoms with E-state index in [-0.39, 0.29) is 16.5 Å². The fourth-order valence-electron chi connectivity index (χ4n) is 4.27. The zero-order valence-electron chi connectivity index (χ0n) is 17.8. The minimum atomic E-state index is -3.04. The third kappa shape index (κ3) is 6.93. The molecule has 2 aromatic rings. The Bertz CT molecular complexity index is 846. The molecular weight excluding hydrogens is 422 g/mol. The van der Waals surface area contributed by atoms with E-state index in [9.17, 15) is 13.6 Å². The average molecular weight is 451 g/mol. The van der Waals surface area contributed by atoms with Crippen LogP contribution in [0.5, 0.6) is 11.5 Å². The van der Waals surface area contributed by atoms with Gasteiger partial charge in [0.25, 0.3) is 0 Å². The molecule has 0 spiro atoms. The van der Waals surface area contributed by atoms with Gasteiger partial charge in [-0.3, -0.25) is 0 Å². The van der Waals surface area contributed by atoms with Crippen LogP contribution in [-0.4, -0.2) is 12.6 Å². The van der Waals surface area contributed by atoms with Crippen molar-refractivity contribution in [3.63, 3.8) is 0 Å². The van der Waals surface area contributed by atoms with Gasteiger partial charge in [-0.1, -0.05) is 56.3 Å². The van der Waals surface area contributed by atoms with Gasteiger partial charge in [0.1, 0.15) is 0 Å². The lowest BCUT2D eigenvalue weighted by atomic mass is 9.77. The summed E-state index contributed by atoms with van der Waals surface area (Å²) in [7, 11) is 0. The first-order valence-corrected chi connectivity index (χ1v) is 11.4. The molecule has 0 aromatic heterocycles. The van der Waals surface area contributed by atoms with E-state index in [2.05, 4.69) is 11.7 Å². The summed E-state index contributed by atoms with van der Waals surface area (Å²) in [4.78, 5) is 12.5. The van der Waals surface area contributed by atoms with Gasteiger partial charge in [0.15, 0.2) is 11.5 Å². The highest BCUT2D eigenvalue weighted by atomic mass is 35.5. The number of rotatable bonds is 9. The summed E-state index contributed by atoms with van der Waals surface area (Å²) in [5.41, 5.74) is 1.59. The van der Waals surface area contributed by atoms with Crippen LogP contribution in [0.15, 0.2) is 42.5 Å². The van der Waals surface area contributed by atoms with Gasteiger partial charge in [-0.25, -0.2) is 4.79 Å². The summed E-state index contributed by atoms with van der Waals surface area (Å²) in [5, 5.41) is 0.208. The van der Waals surface area contributed by atoms with Crippen LogP contribution < -0.4 is 9.47 Å². The SMILES string of the molecule is CCCCCC1CCC(c2ccc(C(=O)Oc3ccc(Cl)cc3OC(F)F)cc2)CC1. The molecular formula is C25H29ClF2O3. The minimum Gasteiger partial charge on any atom is -0.431 e. The van der Waals surface area contributed by atoms with E-state index in [1.165, 1.54) is 75.1 Å². The number of benzene rings is 2. The van der Waals surface area contributed by atoms with Crippen molar-refractivity contribution in [3.05, 3.63) is 58.6 Å². The minimum absolute atomic E-state index is 0.0971. The first-order chi connectivity index (χ1) is 15.0. The highest BCUT2D eigenvalue weighted by Gasteiger charge is 2.22. The molecule has 0 unspecified atom stereocenters. The molecule has 0 saturated heterocycles. The van der Waals surface area contributed by atoms with Crippen molar-refractivity contribution in [2.75, 3.05) is 0 Å². The van der Waals surface area contributed by atoms with Gasteiger partial charge >= 0.3 is 12.6 Å². The van der Waals surface area contributed by atoms with Crippen LogP contribution in [0.2, 0.25) is 5.02 Å². The summed E-state index contributed by atoms with van der Waals surface area (Å²) in [6.45, 7) is -0.806. The number of halogens is 3. The number of alkyl halides is 2. The first kappa shape index (κ1) is 23.5. The molecule has 0 aliphatic heterocycles. The molecule has 1 aliphatic carbocycles. The Kier molecular flexibility index (Phi) is 8.70. The van der Waals surface area contributed by atoms with Crippen molar-refractivity contribution < 1.29 is 23.0 Å². The highest BCUT2D eigenvalue weighted by molar-refractivity contribution is 6.30. The Morgan fingerprint density at radius 3 is 2.39 bits per heavy atom. The van der Waals surface area contributed by atoms with Gasteiger partial charge in [-0.15, -0.1) is 0 Å². The van der Waals surface area contributed by atoms with E-state index in [1.807, 2.05) is 12.1 Å². The third-order valence-electron chi connectivity index (χ3n) is 6.00. The van der Waals surface area contributed by atoms with Crippen molar-refractivity contribution in [1.29, 1.82) is 0 Å². The molecule has 3 rings (SSSR count). The number of unbranched alkanes of at least 4 members (excludes halogenated alkanes) is 2. The van der Waals surface area contributed by atoms with E-state index in [1.54, 1.807) is 12.1 Å². The van der Waals surface area contributed by atoms with E-state index < -0.39 is 12.6 Å². The molecule has 0 N–H and O–H groups in total. The molecule has 0 atom stereocenters. The zero-order valence-corrected chi connectivity index (χ0v) is 18.5. The second-order valence-corrected chi connectivity index (χ2v) is 8.63. The van der Waals surface area contributed by atoms with Crippen molar-refractivity contribution in [2.45, 2.75) is 70.8 Å². The maximum Gasteiger partial charge on any atom is 0.387 e. The van der Waals surface area contributed by atoms with Crippen molar-refractivity contribution in [3.8, 4) is 11.5 Å². The standard InChI is InChI=1S/C25H29ClF2O3/c1-2-3-4-5-17-6-8-18(9-7-17)19-10-12-20(13-11-19)24(29)30-22-15-14-21(26)16-23(22)31-25(27)28/h10-18,25H,2-9H2,1H3. The number of hydrogen-bond donors (Lipinski definition) is 0. The molecule has 31 heavy (non-hydrogen) atoms. The molecule has 0 radical (unpaired) electrons. The second kappa shape index (κ2) is 11.5. The first-order valence-electron chi connectivity index (χ1n) is 11.0. The van der Waals surface area contributed by atoms with Gasteiger partial charge in [0.2, 0.25) is 0 Å². The van der Waals surface area contributed by atoms with Gasteiger partial charge < -0.3 is 9.47 Å². The fourth-order valence-corrected chi connectivity index (χ4v) is 4.43. The lowest BCUT2D eigenvalue weighted by Crippen LogP contribution is -2.14. The van der Waals surface area contributed by atoms with Crippen LogP contribution in [0.3, 0.4) is 0 Å². The van der Waals surface area contributed by atoms with E-state index in [0.29, 0.717) is 11.5 Å². The zero-order chi connectivity index (χ0) is 22.2. The van der Waals surface area contributed by atoms with Gasteiger partial charge in [-0.05, 0) is 67.3 Å². The quantitative estimate of drug-likeness (QED) is 0.220. The van der Waals surface area contributed by atoms with Crippen molar-refractivity contribution in [2.24, 2.45) is 5.92 Å². The normalized spacial score (nSPS) is 18.7. The number of hydrogen-bond acceptors (Lipinski definition) is 3. The summed E-state index contributed by atoms with van der Waals surface area (Å²) >= 11 is 5.82. The second-order valence-electron chi connectivity index (χ2n) is 8.19. The fraction of sp³-hybridized carbons (Fsp3) is 0.480. The Balaban J connectivity index is 1.58. The van der Waals surface area contributed by atoms with Crippen LogP contribution in [0.25, 0.3) is 0 Å². The predicted octanol–water partition coefficient (Wildman–Crippen LogP) is 8.01. The summed E-state index contributed by atoms with van der Waals surface area (Å²) in [5.74, 6) is 0.367. The molecule has 0 bridgehead atoms. The Hall–Kier alpha value is -2.14. The lowest BCUT2D eigenvalue weighted by Gasteiger charge is -2.29. The molecule has 1 saturated carbocycles. The molecule has 1 fully saturated rings. The maximum atomic E-state index is 12.6. The number of esters is 1. The summed E-state index contributed by atoms with van der Waals surface area (Å²) in [6.07, 6.45) is 10.2. The molecule has 0 amide bonds. The number of carbonyl (C=O) groups is 1. The van der Waals surface area contributed by atoms with Crippen LogP contribution in [-0.2, 0) is 0 Å². The van der Waals surface area contributed by atoms with Gasteiger partial charge in [0.05, 0.1) is 5.56 Å². The van der Waals surface area contributed by atoms with Crippen LogP contribution >= 0.6 is 11.6 Å². The molecule has 1 aliphatic rings. The number of carbonyl (C=O) groups excluding carboxylic acids is 1. The monoisotopic (exact) mass is 450 g/mol. The third-order valence-corrected chi connectivity index (χ3v) is 6.24. The molecule has 168 valence electrons. The smallest absolute Gasteiger partial charge is 0.387 e. The van der Waals surface area contributed by atoms with Gasteiger partial charge in [0, 0.05) is 11.1 Å². The molecule has 0 heterocycles. The Labute approximate surface area is 187 Å². The van der Waals surface area contributed by atoms with E-state index >= 15 is 0 Å². The van der Waals surface area contributed by atoms with Crippen LogP contribution in [0, 0.1) is 5.92 Å².